The van der Waals surface area contributed by atoms with Crippen molar-refractivity contribution in [3.8, 4) is 5.69 Å². The molecule has 4 rings (SSSR count). The van der Waals surface area contributed by atoms with Gasteiger partial charge in [-0.2, -0.15) is 0 Å². The number of nitrogens with one attached hydrogen (secondary N) is 1. The van der Waals surface area contributed by atoms with Crippen LogP contribution in [-0.4, -0.2) is 22.4 Å². The van der Waals surface area contributed by atoms with Crippen molar-refractivity contribution in [1.29, 1.82) is 0 Å². The number of urea groups is 1. The summed E-state index contributed by atoms with van der Waals surface area (Å²) in [6.45, 7) is 5.86. The van der Waals surface area contributed by atoms with Crippen molar-refractivity contribution in [3.63, 3.8) is 0 Å². The fraction of sp³-hybridized carbons (Fsp3) is 0.125. The summed E-state index contributed by atoms with van der Waals surface area (Å²) in [5.74, 6) is -1.54. The highest BCUT2D eigenvalue weighted by Crippen LogP contribution is 2.34. The van der Waals surface area contributed by atoms with Gasteiger partial charge in [-0.15, -0.1) is 0 Å². The van der Waals surface area contributed by atoms with Crippen molar-refractivity contribution in [1.82, 2.24) is 9.88 Å². The molecule has 1 aliphatic heterocycles. The van der Waals surface area contributed by atoms with Gasteiger partial charge in [-0.1, -0.05) is 41.4 Å². The number of amides is 4. The van der Waals surface area contributed by atoms with Crippen LogP contribution in [0.3, 0.4) is 0 Å². The molecule has 6 nitrogen and oxygen atoms in total. The molecule has 0 radical (unpaired) electrons. The number of nitrogens with zero attached hydrogens (tertiary/aromatic N) is 2. The molecule has 1 saturated heterocycles. The molecule has 4 amide bonds. The highest BCUT2D eigenvalue weighted by atomic mass is 35.5. The molecular weight excluding hydrogens is 449 g/mol. The topological polar surface area (TPSA) is 71.4 Å². The lowest BCUT2D eigenvalue weighted by Crippen LogP contribution is -2.54. The first-order chi connectivity index (χ1) is 15.2. The lowest BCUT2D eigenvalue weighted by molar-refractivity contribution is -0.122. The number of barbiturate groups is 1. The summed E-state index contributed by atoms with van der Waals surface area (Å²) < 4.78 is 2.04. The second-order valence-corrected chi connectivity index (χ2v) is 8.32. The minimum Gasteiger partial charge on any atom is -0.318 e. The van der Waals surface area contributed by atoms with Crippen LogP contribution in [0.5, 0.6) is 0 Å². The van der Waals surface area contributed by atoms with E-state index in [1.165, 1.54) is 12.1 Å². The molecular formula is C24H19Cl2N3O3. The summed E-state index contributed by atoms with van der Waals surface area (Å²) in [7, 11) is 0. The SMILES string of the molecule is Cc1cccc(-n2c(C)cc(/C=C3/C(=O)NC(=O)N(c4cccc(Cl)c4Cl)C3=O)c2C)c1. The van der Waals surface area contributed by atoms with Gasteiger partial charge < -0.3 is 4.57 Å². The molecule has 2 aromatic carbocycles. The lowest BCUT2D eigenvalue weighted by Gasteiger charge is -2.27. The Kier molecular flexibility index (Phi) is 5.67. The van der Waals surface area contributed by atoms with Crippen LogP contribution in [0.4, 0.5) is 10.5 Å². The number of aryl methyl sites for hydroxylation is 2. The van der Waals surface area contributed by atoms with Crippen LogP contribution in [0.15, 0.2) is 54.1 Å². The average molecular weight is 468 g/mol. The number of halogens is 2. The van der Waals surface area contributed by atoms with Crippen LogP contribution in [0.1, 0.15) is 22.5 Å². The molecule has 162 valence electrons. The summed E-state index contributed by atoms with van der Waals surface area (Å²) in [6.07, 6.45) is 1.49. The third-order valence-electron chi connectivity index (χ3n) is 5.30. The summed E-state index contributed by atoms with van der Waals surface area (Å²) in [6, 6.07) is 13.6. The molecule has 8 heteroatoms. The van der Waals surface area contributed by atoms with Gasteiger partial charge in [0.05, 0.1) is 15.7 Å². The zero-order chi connectivity index (χ0) is 23.2. The van der Waals surface area contributed by atoms with Crippen LogP contribution >= 0.6 is 23.2 Å². The molecule has 1 N–H and O–H groups in total. The second kappa shape index (κ2) is 8.30. The molecule has 0 bridgehead atoms. The molecule has 2 heterocycles. The molecule has 1 aliphatic rings. The second-order valence-electron chi connectivity index (χ2n) is 7.53. The molecule has 1 aromatic heterocycles. The highest BCUT2D eigenvalue weighted by molar-refractivity contribution is 6.46. The minimum absolute atomic E-state index is 0.0454. The largest absolute Gasteiger partial charge is 0.336 e. The predicted molar refractivity (Wildman–Crippen MR) is 125 cm³/mol. The molecule has 0 atom stereocenters. The summed E-state index contributed by atoms with van der Waals surface area (Å²) in [4.78, 5) is 39.0. The molecule has 0 spiro atoms. The van der Waals surface area contributed by atoms with E-state index in [9.17, 15) is 14.4 Å². The fourth-order valence-corrected chi connectivity index (χ4v) is 4.18. The van der Waals surface area contributed by atoms with Crippen molar-refractivity contribution in [2.45, 2.75) is 20.8 Å². The van der Waals surface area contributed by atoms with E-state index in [4.69, 9.17) is 23.2 Å². The van der Waals surface area contributed by atoms with Gasteiger partial charge in [-0.3, -0.25) is 14.9 Å². The smallest absolute Gasteiger partial charge is 0.318 e. The normalized spacial score (nSPS) is 15.5. The van der Waals surface area contributed by atoms with Crippen molar-refractivity contribution in [2.75, 3.05) is 4.90 Å². The molecule has 0 unspecified atom stereocenters. The van der Waals surface area contributed by atoms with E-state index in [1.54, 1.807) is 12.1 Å². The third kappa shape index (κ3) is 3.72. The van der Waals surface area contributed by atoms with E-state index in [0.717, 1.165) is 27.5 Å². The Hall–Kier alpha value is -3.35. The van der Waals surface area contributed by atoms with E-state index in [2.05, 4.69) is 11.4 Å². The van der Waals surface area contributed by atoms with E-state index < -0.39 is 17.8 Å². The number of hydrogen-bond acceptors (Lipinski definition) is 3. The number of imide groups is 2. The zero-order valence-electron chi connectivity index (χ0n) is 17.6. The predicted octanol–water partition coefficient (Wildman–Crippen LogP) is 5.38. The molecule has 0 saturated carbocycles. The van der Waals surface area contributed by atoms with Crippen molar-refractivity contribution < 1.29 is 14.4 Å². The minimum atomic E-state index is -0.883. The zero-order valence-corrected chi connectivity index (χ0v) is 19.1. The summed E-state index contributed by atoms with van der Waals surface area (Å²) >= 11 is 12.3. The molecule has 0 aliphatic carbocycles. The van der Waals surface area contributed by atoms with Crippen molar-refractivity contribution in [2.24, 2.45) is 0 Å². The first-order valence-corrected chi connectivity index (χ1v) is 10.6. The number of carbonyl (C=O) groups is 3. The average Bonchev–Trinajstić information content (AvgIpc) is 3.01. The number of benzene rings is 2. The van der Waals surface area contributed by atoms with Gasteiger partial charge in [0.2, 0.25) is 0 Å². The number of aromatic nitrogens is 1. The Morgan fingerprint density at radius 1 is 0.938 bits per heavy atom. The van der Waals surface area contributed by atoms with Gasteiger partial charge in [-0.25, -0.2) is 9.69 Å². The maximum atomic E-state index is 13.2. The summed E-state index contributed by atoms with van der Waals surface area (Å²) in [5.41, 5.74) is 4.50. The lowest BCUT2D eigenvalue weighted by atomic mass is 10.1. The van der Waals surface area contributed by atoms with Crippen LogP contribution in [0.2, 0.25) is 10.0 Å². The van der Waals surface area contributed by atoms with Gasteiger partial charge in [0.15, 0.2) is 0 Å². The van der Waals surface area contributed by atoms with Crippen molar-refractivity contribution in [3.05, 3.63) is 86.7 Å². The Balaban J connectivity index is 1.79. The van der Waals surface area contributed by atoms with E-state index in [-0.39, 0.29) is 21.3 Å². The highest BCUT2D eigenvalue weighted by Gasteiger charge is 2.38. The van der Waals surface area contributed by atoms with Gasteiger partial charge in [0, 0.05) is 17.1 Å². The molecule has 3 aromatic rings. The van der Waals surface area contributed by atoms with Crippen molar-refractivity contribution >= 4 is 52.8 Å². The first-order valence-electron chi connectivity index (χ1n) is 9.80. The maximum Gasteiger partial charge on any atom is 0.336 e. The van der Waals surface area contributed by atoms with Gasteiger partial charge in [0.1, 0.15) is 5.57 Å². The fourth-order valence-electron chi connectivity index (χ4n) is 3.79. The van der Waals surface area contributed by atoms with Crippen LogP contribution in [0.25, 0.3) is 11.8 Å². The van der Waals surface area contributed by atoms with E-state index in [1.807, 2.05) is 49.6 Å². The Labute approximate surface area is 195 Å². The van der Waals surface area contributed by atoms with Gasteiger partial charge in [-0.05, 0) is 68.3 Å². The number of rotatable bonds is 3. The quantitative estimate of drug-likeness (QED) is 0.415. The van der Waals surface area contributed by atoms with Gasteiger partial charge >= 0.3 is 6.03 Å². The maximum absolute atomic E-state index is 13.2. The van der Waals surface area contributed by atoms with E-state index in [0.29, 0.717) is 5.56 Å². The van der Waals surface area contributed by atoms with Crippen LogP contribution < -0.4 is 10.2 Å². The van der Waals surface area contributed by atoms with Crippen LogP contribution in [-0.2, 0) is 9.59 Å². The first kappa shape index (κ1) is 21.9. The standard InChI is InChI=1S/C24H19Cl2N3O3/c1-13-6-4-7-17(10-13)28-14(2)11-16(15(28)3)12-18-22(30)27-24(32)29(23(18)31)20-9-5-8-19(25)21(20)26/h4-12H,1-3H3,(H,27,30,32)/b18-12-. The van der Waals surface area contributed by atoms with Crippen LogP contribution in [0, 0.1) is 20.8 Å². The monoisotopic (exact) mass is 467 g/mol. The number of anilines is 1. The van der Waals surface area contributed by atoms with E-state index >= 15 is 0 Å². The van der Waals surface area contributed by atoms with Gasteiger partial charge in [0.25, 0.3) is 11.8 Å². The summed E-state index contributed by atoms with van der Waals surface area (Å²) in [5, 5.41) is 2.44. The third-order valence-corrected chi connectivity index (χ3v) is 6.11. The molecule has 32 heavy (non-hydrogen) atoms. The number of carbonyl (C=O) groups excluding carboxylic acids is 3. The Morgan fingerprint density at radius 2 is 1.66 bits per heavy atom. The molecule has 1 fully saturated rings. The Morgan fingerprint density at radius 3 is 2.38 bits per heavy atom. The number of hydrogen-bond donors (Lipinski definition) is 1. The Bertz CT molecular complexity index is 1320.